The smallest absolute Gasteiger partial charge is 0.0635 e. The van der Waals surface area contributed by atoms with Gasteiger partial charge in [0.15, 0.2) is 0 Å². The molecule has 0 saturated carbocycles. The van der Waals surface area contributed by atoms with Crippen LogP contribution in [0.1, 0.15) is 5.56 Å². The summed E-state index contributed by atoms with van der Waals surface area (Å²) in [4.78, 5) is 3.82. The van der Waals surface area contributed by atoms with Gasteiger partial charge in [0.2, 0.25) is 0 Å². The van der Waals surface area contributed by atoms with E-state index in [1.165, 1.54) is 0 Å². The quantitative estimate of drug-likeness (QED) is 0.688. The zero-order valence-corrected chi connectivity index (χ0v) is 6.91. The Morgan fingerprint density at radius 1 is 1.73 bits per heavy atom. The monoisotopic (exact) mass is 172 g/mol. The second-order valence-corrected chi connectivity index (χ2v) is 2.69. The molecule has 1 aromatic rings. The molecule has 0 radical (unpaired) electrons. The normalized spacial score (nSPS) is 10.5. The van der Waals surface area contributed by atoms with E-state index in [9.17, 15) is 0 Å². The molecule has 0 aromatic carbocycles. The Balaban J connectivity index is 2.78. The zero-order chi connectivity index (χ0) is 8.27. The lowest BCUT2D eigenvalue weighted by Gasteiger charge is -2.08. The summed E-state index contributed by atoms with van der Waals surface area (Å²) < 4.78 is 0. The average Bonchev–Trinajstić information content (AvgIpc) is 1.93. The van der Waals surface area contributed by atoms with Gasteiger partial charge in [0.25, 0.3) is 0 Å². The van der Waals surface area contributed by atoms with E-state index in [0.29, 0.717) is 11.6 Å². The highest BCUT2D eigenvalue weighted by molar-refractivity contribution is 6.31. The van der Waals surface area contributed by atoms with Crippen LogP contribution in [0.15, 0.2) is 18.5 Å². The fraction of sp³-hybridized carbons (Fsp3) is 0.286. The van der Waals surface area contributed by atoms with Crippen LogP contribution in [0.2, 0.25) is 5.02 Å². The molecule has 1 heterocycles. The summed E-state index contributed by atoms with van der Waals surface area (Å²) in [5, 5.41) is 10.5. The van der Waals surface area contributed by atoms with Gasteiger partial charge in [-0.25, -0.2) is 0 Å². The van der Waals surface area contributed by atoms with Gasteiger partial charge in [0.05, 0.1) is 11.6 Å². The standard InChI is InChI=1S/C7H9ClN2O/c1-10(11)5-6-2-3-9-4-7(6)8/h2-4,11H,5H2,1H3. The molecule has 1 N–H and O–H groups in total. The predicted molar refractivity (Wildman–Crippen MR) is 42.5 cm³/mol. The Morgan fingerprint density at radius 3 is 3.00 bits per heavy atom. The van der Waals surface area contributed by atoms with Crippen LogP contribution >= 0.6 is 11.6 Å². The SMILES string of the molecule is CN(O)Cc1ccncc1Cl. The maximum Gasteiger partial charge on any atom is 0.0635 e. The fourth-order valence-electron chi connectivity index (χ4n) is 0.779. The van der Waals surface area contributed by atoms with E-state index in [-0.39, 0.29) is 0 Å². The minimum atomic E-state index is 0.418. The van der Waals surface area contributed by atoms with E-state index in [0.717, 1.165) is 10.6 Å². The van der Waals surface area contributed by atoms with Crippen LogP contribution in [0, 0.1) is 0 Å². The van der Waals surface area contributed by atoms with Gasteiger partial charge in [-0.3, -0.25) is 4.98 Å². The van der Waals surface area contributed by atoms with E-state index < -0.39 is 0 Å². The molecule has 0 aliphatic heterocycles. The van der Waals surface area contributed by atoms with Crippen LogP contribution in [-0.4, -0.2) is 22.3 Å². The zero-order valence-electron chi connectivity index (χ0n) is 6.16. The minimum Gasteiger partial charge on any atom is -0.314 e. The maximum atomic E-state index is 8.88. The van der Waals surface area contributed by atoms with Crippen molar-refractivity contribution in [3.63, 3.8) is 0 Å². The molecule has 0 aliphatic rings. The van der Waals surface area contributed by atoms with Gasteiger partial charge in [-0.15, -0.1) is 0 Å². The van der Waals surface area contributed by atoms with Gasteiger partial charge in [-0.05, 0) is 11.6 Å². The number of pyridine rings is 1. The molecule has 1 rings (SSSR count). The number of halogens is 1. The van der Waals surface area contributed by atoms with Crippen LogP contribution < -0.4 is 0 Å². The summed E-state index contributed by atoms with van der Waals surface area (Å²) in [6.45, 7) is 0.418. The molecule has 0 atom stereocenters. The predicted octanol–water partition coefficient (Wildman–Crippen LogP) is 1.56. The maximum absolute atomic E-state index is 8.88. The second-order valence-electron chi connectivity index (χ2n) is 2.28. The molecule has 0 amide bonds. The summed E-state index contributed by atoms with van der Waals surface area (Å²) in [5.74, 6) is 0. The molecule has 0 saturated heterocycles. The fourth-order valence-corrected chi connectivity index (χ4v) is 0.958. The first kappa shape index (κ1) is 8.46. The first-order chi connectivity index (χ1) is 5.20. The molecule has 1 aromatic heterocycles. The molecule has 4 heteroatoms. The van der Waals surface area contributed by atoms with Crippen LogP contribution in [0.5, 0.6) is 0 Å². The lowest BCUT2D eigenvalue weighted by Crippen LogP contribution is -2.11. The first-order valence-electron chi connectivity index (χ1n) is 3.18. The van der Waals surface area contributed by atoms with Gasteiger partial charge in [0, 0.05) is 19.4 Å². The Labute approximate surface area is 70.2 Å². The van der Waals surface area contributed by atoms with Crippen LogP contribution in [-0.2, 0) is 6.54 Å². The highest BCUT2D eigenvalue weighted by atomic mass is 35.5. The molecular weight excluding hydrogens is 164 g/mol. The van der Waals surface area contributed by atoms with Crippen LogP contribution in [0.3, 0.4) is 0 Å². The molecule has 0 spiro atoms. The van der Waals surface area contributed by atoms with Crippen LogP contribution in [0.25, 0.3) is 0 Å². The number of aromatic nitrogens is 1. The van der Waals surface area contributed by atoms with Crippen molar-refractivity contribution in [1.29, 1.82) is 0 Å². The van der Waals surface area contributed by atoms with Crippen molar-refractivity contribution in [2.45, 2.75) is 6.54 Å². The van der Waals surface area contributed by atoms with Crippen molar-refractivity contribution in [2.24, 2.45) is 0 Å². The van der Waals surface area contributed by atoms with Gasteiger partial charge < -0.3 is 5.21 Å². The molecule has 0 aliphatic carbocycles. The largest absolute Gasteiger partial charge is 0.314 e. The summed E-state index contributed by atoms with van der Waals surface area (Å²) >= 11 is 5.77. The number of nitrogens with zero attached hydrogens (tertiary/aromatic N) is 2. The van der Waals surface area contributed by atoms with Gasteiger partial charge in [-0.2, -0.15) is 5.06 Å². The van der Waals surface area contributed by atoms with E-state index >= 15 is 0 Å². The third-order valence-electron chi connectivity index (χ3n) is 1.26. The highest BCUT2D eigenvalue weighted by Gasteiger charge is 2.00. The summed E-state index contributed by atoms with van der Waals surface area (Å²) in [7, 11) is 1.57. The second kappa shape index (κ2) is 3.67. The van der Waals surface area contributed by atoms with Gasteiger partial charge >= 0.3 is 0 Å². The lowest BCUT2D eigenvalue weighted by molar-refractivity contribution is -0.0731. The van der Waals surface area contributed by atoms with Gasteiger partial charge in [-0.1, -0.05) is 11.6 Å². The number of hydrogen-bond acceptors (Lipinski definition) is 3. The third-order valence-corrected chi connectivity index (χ3v) is 1.60. The number of rotatable bonds is 2. The average molecular weight is 173 g/mol. The van der Waals surface area contributed by atoms with E-state index in [2.05, 4.69) is 4.98 Å². The lowest BCUT2D eigenvalue weighted by atomic mass is 10.3. The van der Waals surface area contributed by atoms with Gasteiger partial charge in [0.1, 0.15) is 0 Å². The molecule has 3 nitrogen and oxygen atoms in total. The summed E-state index contributed by atoms with van der Waals surface area (Å²) in [5.41, 5.74) is 0.867. The van der Waals surface area contributed by atoms with E-state index in [1.807, 2.05) is 0 Å². The Bertz CT molecular complexity index is 240. The summed E-state index contributed by atoms with van der Waals surface area (Å²) in [6.07, 6.45) is 3.20. The van der Waals surface area contributed by atoms with Crippen LogP contribution in [0.4, 0.5) is 0 Å². The van der Waals surface area contributed by atoms with Crippen molar-refractivity contribution in [1.82, 2.24) is 10.0 Å². The Morgan fingerprint density at radius 2 is 2.45 bits per heavy atom. The van der Waals surface area contributed by atoms with E-state index in [1.54, 1.807) is 25.5 Å². The molecule has 11 heavy (non-hydrogen) atoms. The third kappa shape index (κ3) is 2.46. The molecule has 0 unspecified atom stereocenters. The molecular formula is C7H9ClN2O. The Kier molecular flexibility index (Phi) is 2.82. The van der Waals surface area contributed by atoms with Crippen molar-refractivity contribution in [3.05, 3.63) is 29.0 Å². The number of hydrogen-bond donors (Lipinski definition) is 1. The topological polar surface area (TPSA) is 36.4 Å². The Hall–Kier alpha value is -0.640. The first-order valence-corrected chi connectivity index (χ1v) is 3.56. The minimum absolute atomic E-state index is 0.418. The van der Waals surface area contributed by atoms with Crippen molar-refractivity contribution < 1.29 is 5.21 Å². The molecule has 0 bridgehead atoms. The number of hydroxylamine groups is 2. The highest BCUT2D eigenvalue weighted by Crippen LogP contribution is 2.13. The summed E-state index contributed by atoms with van der Waals surface area (Å²) in [6, 6.07) is 1.77. The molecule has 0 fully saturated rings. The van der Waals surface area contributed by atoms with Crippen molar-refractivity contribution in [3.8, 4) is 0 Å². The van der Waals surface area contributed by atoms with E-state index in [4.69, 9.17) is 16.8 Å². The molecule has 60 valence electrons. The van der Waals surface area contributed by atoms with Crippen molar-refractivity contribution >= 4 is 11.6 Å². The van der Waals surface area contributed by atoms with Crippen molar-refractivity contribution in [2.75, 3.05) is 7.05 Å².